The first-order valence-corrected chi connectivity index (χ1v) is 8.88. The number of benzene rings is 1. The number of rotatable bonds is 3. The number of hydrogen-bond donors (Lipinski definition) is 0. The Bertz CT molecular complexity index is 899. The van der Waals surface area contributed by atoms with Crippen LogP contribution in [0.1, 0.15) is 24.4 Å². The van der Waals surface area contributed by atoms with Crippen molar-refractivity contribution in [1.29, 1.82) is 0 Å². The van der Waals surface area contributed by atoms with Crippen LogP contribution in [-0.2, 0) is 11.2 Å². The maximum atomic E-state index is 12.5. The van der Waals surface area contributed by atoms with Crippen LogP contribution in [0.3, 0.4) is 0 Å². The third-order valence-electron chi connectivity index (χ3n) is 4.79. The van der Waals surface area contributed by atoms with Gasteiger partial charge in [0.25, 0.3) is 0 Å². The molecule has 1 aliphatic rings. The van der Waals surface area contributed by atoms with E-state index in [1.165, 1.54) is 0 Å². The zero-order valence-electron chi connectivity index (χ0n) is 13.8. The summed E-state index contributed by atoms with van der Waals surface area (Å²) in [5.41, 5.74) is 2.80. The van der Waals surface area contributed by atoms with Crippen molar-refractivity contribution < 1.29 is 4.79 Å². The van der Waals surface area contributed by atoms with Crippen molar-refractivity contribution >= 4 is 28.7 Å². The predicted molar refractivity (Wildman–Crippen MR) is 97.5 cm³/mol. The molecule has 6 heteroatoms. The lowest BCUT2D eigenvalue weighted by Gasteiger charge is -2.32. The van der Waals surface area contributed by atoms with Crippen LogP contribution in [0, 0.1) is 0 Å². The van der Waals surface area contributed by atoms with Crippen molar-refractivity contribution in [1.82, 2.24) is 19.4 Å². The number of nitrogens with zero attached hydrogens (tertiary/aromatic N) is 4. The first-order chi connectivity index (χ1) is 12.2. The van der Waals surface area contributed by atoms with Crippen LogP contribution in [0.2, 0.25) is 5.02 Å². The lowest BCUT2D eigenvalue weighted by Crippen LogP contribution is -2.39. The number of piperidine rings is 1. The average Bonchev–Trinajstić information content (AvgIpc) is 3.06. The van der Waals surface area contributed by atoms with Gasteiger partial charge in [0.1, 0.15) is 5.52 Å². The van der Waals surface area contributed by atoms with Crippen LogP contribution in [-0.4, -0.2) is 38.4 Å². The second kappa shape index (κ2) is 6.84. The summed E-state index contributed by atoms with van der Waals surface area (Å²) in [6.45, 7) is 1.52. The van der Waals surface area contributed by atoms with E-state index in [2.05, 4.69) is 14.5 Å². The van der Waals surface area contributed by atoms with Gasteiger partial charge in [-0.2, -0.15) is 0 Å². The van der Waals surface area contributed by atoms with Gasteiger partial charge in [-0.1, -0.05) is 23.7 Å². The maximum Gasteiger partial charge on any atom is 0.226 e. The van der Waals surface area contributed by atoms with E-state index in [0.29, 0.717) is 17.5 Å². The van der Waals surface area contributed by atoms with Gasteiger partial charge < -0.3 is 9.47 Å². The SMILES string of the molecule is O=C(Cc1cccc(Cl)c1)N1CCC(n2cnc3cccnc32)CC1. The quantitative estimate of drug-likeness (QED) is 0.723. The Hall–Kier alpha value is -2.40. The molecule has 0 atom stereocenters. The lowest BCUT2D eigenvalue weighted by atomic mass is 10.0. The average molecular weight is 355 g/mol. The molecule has 0 aliphatic carbocycles. The summed E-state index contributed by atoms with van der Waals surface area (Å²) in [6.07, 6.45) is 5.91. The fraction of sp³-hybridized carbons (Fsp3) is 0.316. The third-order valence-corrected chi connectivity index (χ3v) is 5.02. The highest BCUT2D eigenvalue weighted by molar-refractivity contribution is 6.30. The van der Waals surface area contributed by atoms with Gasteiger partial charge in [0, 0.05) is 30.4 Å². The largest absolute Gasteiger partial charge is 0.342 e. The van der Waals surface area contributed by atoms with Gasteiger partial charge in [0.2, 0.25) is 5.91 Å². The molecule has 25 heavy (non-hydrogen) atoms. The second-order valence-corrected chi connectivity index (χ2v) is 6.85. The minimum Gasteiger partial charge on any atom is -0.342 e. The number of imidazole rings is 1. The number of carbonyl (C=O) groups excluding carboxylic acids is 1. The van der Waals surface area contributed by atoms with Crippen LogP contribution < -0.4 is 0 Å². The van der Waals surface area contributed by atoms with Crippen molar-refractivity contribution in [2.24, 2.45) is 0 Å². The standard InChI is InChI=1S/C19H19ClN4O/c20-15-4-1-3-14(11-15)12-18(25)23-9-6-16(7-10-23)24-13-22-17-5-2-8-21-19(17)24/h1-5,8,11,13,16H,6-7,9-10,12H2. The molecule has 0 unspecified atom stereocenters. The Labute approximate surface area is 151 Å². The number of pyridine rings is 1. The minimum atomic E-state index is 0.161. The molecule has 0 bridgehead atoms. The molecule has 1 aliphatic heterocycles. The summed E-state index contributed by atoms with van der Waals surface area (Å²) < 4.78 is 2.15. The maximum absolute atomic E-state index is 12.5. The Morgan fingerprint density at radius 3 is 2.80 bits per heavy atom. The molecule has 0 radical (unpaired) electrons. The van der Waals surface area contributed by atoms with Gasteiger partial charge in [-0.05, 0) is 42.7 Å². The monoisotopic (exact) mass is 354 g/mol. The van der Waals surface area contributed by atoms with Gasteiger partial charge in [0.05, 0.1) is 12.7 Å². The fourth-order valence-corrected chi connectivity index (χ4v) is 3.67. The van der Waals surface area contributed by atoms with Gasteiger partial charge in [-0.25, -0.2) is 9.97 Å². The molecule has 3 heterocycles. The highest BCUT2D eigenvalue weighted by Crippen LogP contribution is 2.26. The second-order valence-electron chi connectivity index (χ2n) is 6.42. The molecule has 0 N–H and O–H groups in total. The molecule has 5 nitrogen and oxygen atoms in total. The summed E-state index contributed by atoms with van der Waals surface area (Å²) in [7, 11) is 0. The molecule has 0 saturated carbocycles. The molecule has 0 spiro atoms. The molecular formula is C19H19ClN4O. The molecule has 128 valence electrons. The fourth-order valence-electron chi connectivity index (χ4n) is 3.46. The number of hydrogen-bond acceptors (Lipinski definition) is 3. The summed E-state index contributed by atoms with van der Waals surface area (Å²) in [6, 6.07) is 11.7. The highest BCUT2D eigenvalue weighted by Gasteiger charge is 2.25. The highest BCUT2D eigenvalue weighted by atomic mass is 35.5. The number of halogens is 1. The van der Waals surface area contributed by atoms with E-state index in [-0.39, 0.29) is 5.91 Å². The summed E-state index contributed by atoms with van der Waals surface area (Å²) in [5, 5.41) is 0.670. The topological polar surface area (TPSA) is 51.0 Å². The van der Waals surface area contributed by atoms with Gasteiger partial charge >= 0.3 is 0 Å². The molecule has 2 aromatic heterocycles. The summed E-state index contributed by atoms with van der Waals surface area (Å²) in [5.74, 6) is 0.161. The van der Waals surface area contributed by atoms with Crippen LogP contribution in [0.4, 0.5) is 0 Å². The van der Waals surface area contributed by atoms with E-state index in [0.717, 1.165) is 42.7 Å². The molecule has 1 fully saturated rings. The number of likely N-dealkylation sites (tertiary alicyclic amines) is 1. The lowest BCUT2D eigenvalue weighted by molar-refractivity contribution is -0.131. The molecule has 1 amide bonds. The number of aromatic nitrogens is 3. The summed E-state index contributed by atoms with van der Waals surface area (Å²) >= 11 is 6.00. The van der Waals surface area contributed by atoms with E-state index < -0.39 is 0 Å². The van der Waals surface area contributed by atoms with Gasteiger partial charge in [0.15, 0.2) is 5.65 Å². The number of carbonyl (C=O) groups is 1. The van der Waals surface area contributed by atoms with Crippen LogP contribution in [0.15, 0.2) is 48.9 Å². The third kappa shape index (κ3) is 3.37. The van der Waals surface area contributed by atoms with Crippen molar-refractivity contribution in [3.8, 4) is 0 Å². The molecule has 4 rings (SSSR count). The molecular weight excluding hydrogens is 336 g/mol. The smallest absolute Gasteiger partial charge is 0.226 e. The molecule has 3 aromatic rings. The van der Waals surface area contributed by atoms with E-state index in [1.54, 1.807) is 6.20 Å². The zero-order valence-corrected chi connectivity index (χ0v) is 14.6. The molecule has 1 saturated heterocycles. The van der Waals surface area contributed by atoms with Crippen molar-refractivity contribution in [2.45, 2.75) is 25.3 Å². The first-order valence-electron chi connectivity index (χ1n) is 8.50. The summed E-state index contributed by atoms with van der Waals surface area (Å²) in [4.78, 5) is 23.3. The van der Waals surface area contributed by atoms with E-state index in [9.17, 15) is 4.79 Å². The van der Waals surface area contributed by atoms with Crippen molar-refractivity contribution in [3.63, 3.8) is 0 Å². The van der Waals surface area contributed by atoms with E-state index in [1.807, 2.05) is 47.6 Å². The normalized spacial score (nSPS) is 15.6. The van der Waals surface area contributed by atoms with Crippen LogP contribution in [0.5, 0.6) is 0 Å². The first kappa shape index (κ1) is 16.1. The number of fused-ring (bicyclic) bond motifs is 1. The zero-order chi connectivity index (χ0) is 17.2. The number of amides is 1. The Kier molecular flexibility index (Phi) is 4.40. The van der Waals surface area contributed by atoms with E-state index >= 15 is 0 Å². The molecule has 1 aromatic carbocycles. The minimum absolute atomic E-state index is 0.161. The van der Waals surface area contributed by atoms with E-state index in [4.69, 9.17) is 11.6 Å². The Morgan fingerprint density at radius 1 is 1.16 bits per heavy atom. The van der Waals surface area contributed by atoms with Gasteiger partial charge in [-0.3, -0.25) is 4.79 Å². The Morgan fingerprint density at radius 2 is 2.00 bits per heavy atom. The predicted octanol–water partition coefficient (Wildman–Crippen LogP) is 3.49. The van der Waals surface area contributed by atoms with Crippen molar-refractivity contribution in [3.05, 3.63) is 59.5 Å². The van der Waals surface area contributed by atoms with Crippen molar-refractivity contribution in [2.75, 3.05) is 13.1 Å². The van der Waals surface area contributed by atoms with Gasteiger partial charge in [-0.15, -0.1) is 0 Å². The van der Waals surface area contributed by atoms with Crippen LogP contribution in [0.25, 0.3) is 11.2 Å². The van der Waals surface area contributed by atoms with Crippen LogP contribution >= 0.6 is 11.6 Å². The Balaban J connectivity index is 1.40.